The van der Waals surface area contributed by atoms with E-state index in [1.165, 1.54) is 17.0 Å². The van der Waals surface area contributed by atoms with Crippen LogP contribution in [-0.4, -0.2) is 0 Å². The van der Waals surface area contributed by atoms with Crippen LogP contribution in [0.25, 0.3) is 0 Å². The lowest BCUT2D eigenvalue weighted by atomic mass is 10.2. The fourth-order valence-corrected chi connectivity index (χ4v) is 2.69. The summed E-state index contributed by atoms with van der Waals surface area (Å²) in [7, 11) is 0. The fraction of sp³-hybridized carbons (Fsp3) is 0.286. The maximum atomic E-state index is 13.7. The van der Waals surface area contributed by atoms with Crippen molar-refractivity contribution in [2.45, 2.75) is 25.8 Å². The molecule has 0 saturated heterocycles. The number of aryl methyl sites for hydroxylation is 1. The van der Waals surface area contributed by atoms with Crippen molar-refractivity contribution in [3.05, 3.63) is 51.2 Å². The molecule has 0 aliphatic carbocycles. The third kappa shape index (κ3) is 3.45. The highest BCUT2D eigenvalue weighted by atomic mass is 35.5. The van der Waals surface area contributed by atoms with Crippen molar-refractivity contribution in [3.8, 4) is 5.75 Å². The van der Waals surface area contributed by atoms with E-state index in [4.69, 9.17) is 16.3 Å². The highest BCUT2D eigenvalue weighted by Crippen LogP contribution is 2.26. The van der Waals surface area contributed by atoms with Crippen LogP contribution in [0, 0.1) is 11.6 Å². The number of hydrogen-bond donors (Lipinski definition) is 0. The molecule has 0 amide bonds. The van der Waals surface area contributed by atoms with E-state index in [0.29, 0.717) is 5.56 Å². The molecule has 0 unspecified atom stereocenters. The van der Waals surface area contributed by atoms with Crippen molar-refractivity contribution in [1.82, 2.24) is 0 Å². The summed E-state index contributed by atoms with van der Waals surface area (Å²) in [6, 6.07) is 6.29. The van der Waals surface area contributed by atoms with Crippen LogP contribution in [0.4, 0.5) is 8.78 Å². The zero-order valence-electron chi connectivity index (χ0n) is 10.4. The second-order valence-electron chi connectivity index (χ2n) is 4.03. The van der Waals surface area contributed by atoms with Crippen molar-refractivity contribution in [2.24, 2.45) is 0 Å². The van der Waals surface area contributed by atoms with Crippen LogP contribution < -0.4 is 4.74 Å². The van der Waals surface area contributed by atoms with Crippen LogP contribution in [-0.2, 0) is 18.9 Å². The Hall–Kier alpha value is -1.13. The summed E-state index contributed by atoms with van der Waals surface area (Å²) in [5, 5.41) is 0. The monoisotopic (exact) mass is 302 g/mol. The van der Waals surface area contributed by atoms with Crippen LogP contribution in [0.3, 0.4) is 0 Å². The van der Waals surface area contributed by atoms with Gasteiger partial charge < -0.3 is 4.74 Å². The zero-order valence-corrected chi connectivity index (χ0v) is 12.0. The van der Waals surface area contributed by atoms with Gasteiger partial charge in [0, 0.05) is 15.6 Å². The molecule has 1 aromatic carbocycles. The molecule has 0 radical (unpaired) electrons. The van der Waals surface area contributed by atoms with Gasteiger partial charge in [-0.1, -0.05) is 6.92 Å². The molecule has 0 atom stereocenters. The zero-order chi connectivity index (χ0) is 13.8. The van der Waals surface area contributed by atoms with E-state index < -0.39 is 11.6 Å². The molecular formula is C14H13ClF2OS. The van der Waals surface area contributed by atoms with Crippen molar-refractivity contribution in [2.75, 3.05) is 0 Å². The molecule has 0 spiro atoms. The average molecular weight is 303 g/mol. The van der Waals surface area contributed by atoms with Crippen molar-refractivity contribution >= 4 is 22.9 Å². The Balaban J connectivity index is 2.11. The van der Waals surface area contributed by atoms with Crippen LogP contribution in [0.15, 0.2) is 24.3 Å². The first-order valence-electron chi connectivity index (χ1n) is 5.88. The molecule has 5 heteroatoms. The molecule has 1 nitrogen and oxygen atoms in total. The molecule has 19 heavy (non-hydrogen) atoms. The molecule has 0 N–H and O–H groups in total. The van der Waals surface area contributed by atoms with Gasteiger partial charge in [0.1, 0.15) is 6.61 Å². The first-order valence-corrected chi connectivity index (χ1v) is 7.23. The maximum Gasteiger partial charge on any atom is 0.191 e. The minimum Gasteiger partial charge on any atom is -0.482 e. The largest absolute Gasteiger partial charge is 0.482 e. The van der Waals surface area contributed by atoms with Crippen LogP contribution in [0.2, 0.25) is 0 Å². The Morgan fingerprint density at radius 2 is 1.79 bits per heavy atom. The standard InChI is InChI=1S/C14H13ClF2OS/c1-2-10-3-4-11(19-10)8-18-14-12(16)5-9(7-15)6-13(14)17/h3-6H,2,7-8H2,1H3. The van der Waals surface area contributed by atoms with Gasteiger partial charge in [0.2, 0.25) is 0 Å². The van der Waals surface area contributed by atoms with Crippen LogP contribution in [0.1, 0.15) is 22.2 Å². The first-order chi connectivity index (χ1) is 9.13. The first kappa shape index (κ1) is 14.3. The molecule has 0 aliphatic rings. The summed E-state index contributed by atoms with van der Waals surface area (Å²) in [5.41, 5.74) is 0.397. The molecule has 0 bridgehead atoms. The second-order valence-corrected chi connectivity index (χ2v) is 5.55. The van der Waals surface area contributed by atoms with E-state index in [-0.39, 0.29) is 18.2 Å². The van der Waals surface area contributed by atoms with Gasteiger partial charge in [-0.3, -0.25) is 0 Å². The molecule has 2 rings (SSSR count). The summed E-state index contributed by atoms with van der Waals surface area (Å²) in [6.45, 7) is 2.22. The van der Waals surface area contributed by atoms with E-state index in [2.05, 4.69) is 6.92 Å². The number of hydrogen-bond acceptors (Lipinski definition) is 2. The number of halogens is 3. The van der Waals surface area contributed by atoms with E-state index in [9.17, 15) is 8.78 Å². The normalized spacial score (nSPS) is 10.7. The summed E-state index contributed by atoms with van der Waals surface area (Å²) >= 11 is 7.12. The third-order valence-electron chi connectivity index (χ3n) is 2.64. The lowest BCUT2D eigenvalue weighted by Crippen LogP contribution is -1.99. The van der Waals surface area contributed by atoms with Crippen LogP contribution in [0.5, 0.6) is 5.75 Å². The molecule has 1 heterocycles. The Morgan fingerprint density at radius 3 is 2.32 bits per heavy atom. The number of rotatable bonds is 5. The van der Waals surface area contributed by atoms with Gasteiger partial charge in [-0.25, -0.2) is 8.78 Å². The van der Waals surface area contributed by atoms with Crippen molar-refractivity contribution in [3.63, 3.8) is 0 Å². The topological polar surface area (TPSA) is 9.23 Å². The predicted octanol–water partition coefficient (Wildman–Crippen LogP) is 4.91. The van der Waals surface area contributed by atoms with Gasteiger partial charge in [-0.2, -0.15) is 0 Å². The quantitative estimate of drug-likeness (QED) is 0.713. The predicted molar refractivity (Wildman–Crippen MR) is 73.9 cm³/mol. The SMILES string of the molecule is CCc1ccc(COc2c(F)cc(CCl)cc2F)s1. The van der Waals surface area contributed by atoms with E-state index in [1.54, 1.807) is 11.3 Å². The molecule has 2 aromatic rings. The Morgan fingerprint density at radius 1 is 1.16 bits per heavy atom. The summed E-state index contributed by atoms with van der Waals surface area (Å²) in [5.74, 6) is -1.72. The van der Waals surface area contributed by atoms with Crippen molar-refractivity contribution in [1.29, 1.82) is 0 Å². The average Bonchev–Trinajstić information content (AvgIpc) is 2.85. The molecule has 0 saturated carbocycles. The summed E-state index contributed by atoms with van der Waals surface area (Å²) in [4.78, 5) is 2.16. The van der Waals surface area contributed by atoms with Crippen LogP contribution >= 0.6 is 22.9 Å². The molecule has 102 valence electrons. The molecular weight excluding hydrogens is 290 g/mol. The minimum absolute atomic E-state index is 0.0684. The maximum absolute atomic E-state index is 13.7. The molecule has 0 aliphatic heterocycles. The Labute approximate surface area is 119 Å². The Kier molecular flexibility index (Phi) is 4.77. The minimum atomic E-state index is -0.720. The van der Waals surface area contributed by atoms with Gasteiger partial charge in [-0.05, 0) is 36.2 Å². The number of ether oxygens (including phenoxy) is 1. The second kappa shape index (κ2) is 6.35. The smallest absolute Gasteiger partial charge is 0.191 e. The highest BCUT2D eigenvalue weighted by Gasteiger charge is 2.13. The van der Waals surface area contributed by atoms with Gasteiger partial charge in [0.25, 0.3) is 0 Å². The highest BCUT2D eigenvalue weighted by molar-refractivity contribution is 7.11. The number of benzene rings is 1. The number of alkyl halides is 1. The molecule has 1 aromatic heterocycles. The van der Waals surface area contributed by atoms with E-state index in [1.807, 2.05) is 12.1 Å². The lowest BCUT2D eigenvalue weighted by molar-refractivity contribution is 0.277. The Bertz CT molecular complexity index is 545. The van der Waals surface area contributed by atoms with Gasteiger partial charge >= 0.3 is 0 Å². The van der Waals surface area contributed by atoms with Crippen molar-refractivity contribution < 1.29 is 13.5 Å². The van der Waals surface area contributed by atoms with Gasteiger partial charge in [0.15, 0.2) is 17.4 Å². The van der Waals surface area contributed by atoms with Gasteiger partial charge in [0.05, 0.1) is 0 Å². The fourth-order valence-electron chi connectivity index (χ4n) is 1.66. The molecule has 0 fully saturated rings. The van der Waals surface area contributed by atoms with Gasteiger partial charge in [-0.15, -0.1) is 22.9 Å². The summed E-state index contributed by atoms with van der Waals surface area (Å²) < 4.78 is 32.5. The van der Waals surface area contributed by atoms with E-state index in [0.717, 1.165) is 11.3 Å². The third-order valence-corrected chi connectivity index (χ3v) is 4.15. The van der Waals surface area contributed by atoms with E-state index >= 15 is 0 Å². The summed E-state index contributed by atoms with van der Waals surface area (Å²) in [6.07, 6.45) is 0.942. The lowest BCUT2D eigenvalue weighted by Gasteiger charge is -2.08. The number of thiophene rings is 1.